The average Bonchev–Trinajstić information content (AvgIpc) is 3.38. The lowest BCUT2D eigenvalue weighted by molar-refractivity contribution is 0.267. The van der Waals surface area contributed by atoms with Crippen molar-refractivity contribution in [3.8, 4) is 0 Å². The van der Waals surface area contributed by atoms with Crippen LogP contribution in [0.15, 0.2) is 10.4 Å². The highest BCUT2D eigenvalue weighted by Gasteiger charge is 2.22. The number of aromatic nitrogens is 1. The average molecular weight is 365 g/mol. The Kier molecular flexibility index (Phi) is 6.93. The normalized spacial score (nSPS) is 21.9. The van der Waals surface area contributed by atoms with E-state index in [-0.39, 0.29) is 0 Å². The van der Waals surface area contributed by atoms with Crippen LogP contribution in [0.2, 0.25) is 0 Å². The standard InChI is InChI=1S/C18H32N6S/c1-3-23-12-6-7-16(23)13-21-17(19-2)20-9-8-15-14-25-18(22-15)24-10-4-5-11-24/h14,16H,3-13H2,1-2H3,(H2,19,20,21). The summed E-state index contributed by atoms with van der Waals surface area (Å²) in [5.74, 6) is 0.901. The first-order valence-electron chi connectivity index (χ1n) is 9.68. The van der Waals surface area contributed by atoms with Crippen molar-refractivity contribution in [1.82, 2.24) is 20.5 Å². The lowest BCUT2D eigenvalue weighted by atomic mass is 10.2. The van der Waals surface area contributed by atoms with Gasteiger partial charge in [0.2, 0.25) is 0 Å². The van der Waals surface area contributed by atoms with E-state index in [1.165, 1.54) is 43.1 Å². The maximum absolute atomic E-state index is 4.78. The lowest BCUT2D eigenvalue weighted by Gasteiger charge is -2.23. The molecule has 6 nitrogen and oxygen atoms in total. The third-order valence-electron chi connectivity index (χ3n) is 5.22. The van der Waals surface area contributed by atoms with Gasteiger partial charge in [-0.05, 0) is 38.8 Å². The Hall–Kier alpha value is -1.34. The predicted molar refractivity (Wildman–Crippen MR) is 107 cm³/mol. The second-order valence-corrected chi connectivity index (χ2v) is 7.71. The van der Waals surface area contributed by atoms with Crippen LogP contribution in [0.1, 0.15) is 38.3 Å². The van der Waals surface area contributed by atoms with Gasteiger partial charge >= 0.3 is 0 Å². The lowest BCUT2D eigenvalue weighted by Crippen LogP contribution is -2.45. The molecule has 2 saturated heterocycles. The summed E-state index contributed by atoms with van der Waals surface area (Å²) in [5, 5.41) is 10.3. The van der Waals surface area contributed by atoms with Crippen LogP contribution in [-0.2, 0) is 6.42 Å². The van der Waals surface area contributed by atoms with Gasteiger partial charge in [0.1, 0.15) is 0 Å². The molecule has 0 saturated carbocycles. The Balaban J connectivity index is 1.38. The highest BCUT2D eigenvalue weighted by molar-refractivity contribution is 7.13. The van der Waals surface area contributed by atoms with Crippen LogP contribution in [0.5, 0.6) is 0 Å². The number of rotatable bonds is 7. The van der Waals surface area contributed by atoms with E-state index < -0.39 is 0 Å². The molecule has 0 bridgehead atoms. The number of hydrogen-bond acceptors (Lipinski definition) is 5. The highest BCUT2D eigenvalue weighted by Crippen LogP contribution is 2.24. The monoisotopic (exact) mass is 364 g/mol. The third kappa shape index (κ3) is 5.07. The summed E-state index contributed by atoms with van der Waals surface area (Å²) < 4.78 is 0. The molecule has 2 fully saturated rings. The predicted octanol–water partition coefficient (Wildman–Crippen LogP) is 1.94. The molecule has 2 aliphatic heterocycles. The van der Waals surface area contributed by atoms with Gasteiger partial charge in [-0.3, -0.25) is 9.89 Å². The number of nitrogens with zero attached hydrogens (tertiary/aromatic N) is 4. The molecule has 0 spiro atoms. The number of hydrogen-bond donors (Lipinski definition) is 2. The van der Waals surface area contributed by atoms with Crippen LogP contribution in [0, 0.1) is 0 Å². The van der Waals surface area contributed by atoms with Gasteiger partial charge in [0.15, 0.2) is 11.1 Å². The fourth-order valence-corrected chi connectivity index (χ4v) is 4.67. The van der Waals surface area contributed by atoms with Gasteiger partial charge in [-0.2, -0.15) is 0 Å². The smallest absolute Gasteiger partial charge is 0.191 e. The molecule has 3 rings (SSSR count). The molecule has 0 amide bonds. The van der Waals surface area contributed by atoms with Crippen molar-refractivity contribution in [2.45, 2.75) is 45.1 Å². The van der Waals surface area contributed by atoms with E-state index in [0.717, 1.165) is 45.1 Å². The van der Waals surface area contributed by atoms with Gasteiger partial charge < -0.3 is 15.5 Å². The Morgan fingerprint density at radius 3 is 2.88 bits per heavy atom. The number of aliphatic imine (C=N–C) groups is 1. The zero-order valence-corrected chi connectivity index (χ0v) is 16.4. The molecule has 2 aliphatic rings. The molecular weight excluding hydrogens is 332 g/mol. The summed E-state index contributed by atoms with van der Waals surface area (Å²) in [6.07, 6.45) is 6.14. The van der Waals surface area contributed by atoms with Gasteiger partial charge in [-0.15, -0.1) is 11.3 Å². The first kappa shape index (κ1) is 18.5. The quantitative estimate of drug-likeness (QED) is 0.572. The fraction of sp³-hybridized carbons (Fsp3) is 0.778. The van der Waals surface area contributed by atoms with Crippen molar-refractivity contribution in [2.75, 3.05) is 51.2 Å². The zero-order valence-electron chi connectivity index (χ0n) is 15.6. The minimum absolute atomic E-state index is 0.644. The van der Waals surface area contributed by atoms with Gasteiger partial charge in [-0.25, -0.2) is 4.98 Å². The van der Waals surface area contributed by atoms with Gasteiger partial charge in [0, 0.05) is 51.1 Å². The van der Waals surface area contributed by atoms with Crippen molar-refractivity contribution in [1.29, 1.82) is 0 Å². The molecule has 1 aromatic rings. The minimum atomic E-state index is 0.644. The maximum Gasteiger partial charge on any atom is 0.191 e. The first-order chi connectivity index (χ1) is 12.3. The van der Waals surface area contributed by atoms with Gasteiger partial charge in [0.25, 0.3) is 0 Å². The third-order valence-corrected chi connectivity index (χ3v) is 6.17. The van der Waals surface area contributed by atoms with Crippen LogP contribution >= 0.6 is 11.3 Å². The second kappa shape index (κ2) is 9.38. The van der Waals surface area contributed by atoms with Crippen molar-refractivity contribution in [2.24, 2.45) is 4.99 Å². The summed E-state index contributed by atoms with van der Waals surface area (Å²) >= 11 is 1.78. The van der Waals surface area contributed by atoms with Crippen molar-refractivity contribution in [3.63, 3.8) is 0 Å². The van der Waals surface area contributed by atoms with Crippen LogP contribution in [-0.4, -0.2) is 68.2 Å². The Bertz CT molecular complexity index is 552. The molecule has 7 heteroatoms. The van der Waals surface area contributed by atoms with Crippen molar-refractivity contribution >= 4 is 22.4 Å². The number of anilines is 1. The molecule has 25 heavy (non-hydrogen) atoms. The summed E-state index contributed by atoms with van der Waals surface area (Å²) in [4.78, 5) is 14.1. The second-order valence-electron chi connectivity index (χ2n) is 6.87. The number of guanidine groups is 1. The van der Waals surface area contributed by atoms with Gasteiger partial charge in [0.05, 0.1) is 5.69 Å². The Morgan fingerprint density at radius 1 is 1.28 bits per heavy atom. The maximum atomic E-state index is 4.78. The van der Waals surface area contributed by atoms with Crippen molar-refractivity contribution in [3.05, 3.63) is 11.1 Å². The zero-order chi connectivity index (χ0) is 17.5. The topological polar surface area (TPSA) is 55.8 Å². The van der Waals surface area contributed by atoms with Crippen molar-refractivity contribution < 1.29 is 0 Å². The Morgan fingerprint density at radius 2 is 2.12 bits per heavy atom. The van der Waals surface area contributed by atoms with Crippen LogP contribution < -0.4 is 15.5 Å². The molecule has 2 N–H and O–H groups in total. The minimum Gasteiger partial charge on any atom is -0.356 e. The molecule has 0 radical (unpaired) electrons. The summed E-state index contributed by atoms with van der Waals surface area (Å²) in [5.41, 5.74) is 1.18. The number of likely N-dealkylation sites (N-methyl/N-ethyl adjacent to an activating group) is 1. The number of thiazole rings is 1. The van der Waals surface area contributed by atoms with E-state index >= 15 is 0 Å². The molecule has 1 atom stereocenters. The van der Waals surface area contributed by atoms with Crippen LogP contribution in [0.4, 0.5) is 5.13 Å². The molecular formula is C18H32N6S. The summed E-state index contributed by atoms with van der Waals surface area (Å²) in [7, 11) is 1.84. The molecule has 0 aliphatic carbocycles. The fourth-order valence-electron chi connectivity index (χ4n) is 3.75. The van der Waals surface area contributed by atoms with Crippen LogP contribution in [0.3, 0.4) is 0 Å². The number of likely N-dealkylation sites (tertiary alicyclic amines) is 1. The first-order valence-corrected chi connectivity index (χ1v) is 10.6. The van der Waals surface area contributed by atoms with Crippen LogP contribution in [0.25, 0.3) is 0 Å². The van der Waals surface area contributed by atoms with Gasteiger partial charge in [-0.1, -0.05) is 6.92 Å². The largest absolute Gasteiger partial charge is 0.356 e. The molecule has 1 unspecified atom stereocenters. The molecule has 0 aromatic carbocycles. The van der Waals surface area contributed by atoms with E-state index in [1.807, 2.05) is 7.05 Å². The summed E-state index contributed by atoms with van der Waals surface area (Å²) in [6.45, 7) is 8.79. The van der Waals surface area contributed by atoms with E-state index in [9.17, 15) is 0 Å². The SMILES string of the molecule is CCN1CCCC1CNC(=NC)NCCc1csc(N2CCCC2)n1. The summed E-state index contributed by atoms with van der Waals surface area (Å²) in [6, 6.07) is 0.644. The number of nitrogens with one attached hydrogen (secondary N) is 2. The van der Waals surface area contributed by atoms with E-state index in [1.54, 1.807) is 11.3 Å². The molecule has 140 valence electrons. The Labute approximate surface area is 155 Å². The molecule has 1 aromatic heterocycles. The van der Waals surface area contributed by atoms with E-state index in [4.69, 9.17) is 4.98 Å². The molecule has 3 heterocycles. The van der Waals surface area contributed by atoms with E-state index in [2.05, 4.69) is 37.7 Å². The highest BCUT2D eigenvalue weighted by atomic mass is 32.1. The van der Waals surface area contributed by atoms with E-state index in [0.29, 0.717) is 6.04 Å².